The van der Waals surface area contributed by atoms with E-state index in [9.17, 15) is 9.18 Å². The summed E-state index contributed by atoms with van der Waals surface area (Å²) in [6.07, 6.45) is 2.78. The monoisotopic (exact) mass is 255 g/mol. The summed E-state index contributed by atoms with van der Waals surface area (Å²) in [6, 6.07) is 9.24. The molecule has 0 spiro atoms. The van der Waals surface area contributed by atoms with Crippen molar-refractivity contribution in [3.8, 4) is 6.07 Å². The highest BCUT2D eigenvalue weighted by Gasteiger charge is 2.06. The van der Waals surface area contributed by atoms with Crippen molar-refractivity contribution in [1.29, 1.82) is 5.26 Å². The number of carbonyl (C=O) groups excluding carboxylic acids is 1. The number of hydrogen-bond donors (Lipinski definition) is 1. The van der Waals surface area contributed by atoms with E-state index in [1.54, 1.807) is 12.1 Å². The highest BCUT2D eigenvalue weighted by molar-refractivity contribution is 5.94. The second kappa shape index (κ2) is 5.74. The number of hydrogen-bond acceptors (Lipinski definition) is 3. The maximum Gasteiger partial charge on any atom is 0.253 e. The van der Waals surface area contributed by atoms with Gasteiger partial charge in [0.15, 0.2) is 0 Å². The molecule has 0 aliphatic heterocycles. The van der Waals surface area contributed by atoms with Crippen molar-refractivity contribution in [1.82, 2.24) is 10.3 Å². The molecule has 0 aliphatic carbocycles. The van der Waals surface area contributed by atoms with E-state index in [2.05, 4.69) is 10.3 Å². The van der Waals surface area contributed by atoms with Gasteiger partial charge in [-0.15, -0.1) is 0 Å². The summed E-state index contributed by atoms with van der Waals surface area (Å²) in [5.74, 6) is -0.644. The predicted octanol–water partition coefficient (Wildman–Crippen LogP) is 2.02. The van der Waals surface area contributed by atoms with Crippen LogP contribution >= 0.6 is 0 Å². The van der Waals surface area contributed by atoms with Crippen LogP contribution in [0.5, 0.6) is 0 Å². The number of pyridine rings is 1. The van der Waals surface area contributed by atoms with Gasteiger partial charge in [-0.2, -0.15) is 5.26 Å². The molecular weight excluding hydrogens is 245 g/mol. The molecule has 0 atom stereocenters. The number of nitrogens with one attached hydrogen (secondary N) is 1. The Labute approximate surface area is 109 Å². The lowest BCUT2D eigenvalue weighted by atomic mass is 10.2. The Morgan fingerprint density at radius 2 is 2.05 bits per heavy atom. The lowest BCUT2D eigenvalue weighted by molar-refractivity contribution is 0.0950. The quantitative estimate of drug-likeness (QED) is 0.912. The largest absolute Gasteiger partial charge is 0.348 e. The molecule has 1 amide bonds. The van der Waals surface area contributed by atoms with Crippen LogP contribution < -0.4 is 5.32 Å². The second-order valence-electron chi connectivity index (χ2n) is 3.88. The van der Waals surface area contributed by atoms with Gasteiger partial charge in [0.25, 0.3) is 5.91 Å². The zero-order valence-electron chi connectivity index (χ0n) is 9.93. The number of nitriles is 1. The van der Waals surface area contributed by atoms with E-state index in [1.807, 2.05) is 6.07 Å². The number of nitrogens with zero attached hydrogens (tertiary/aromatic N) is 2. The third kappa shape index (κ3) is 3.36. The Bertz CT molecular complexity index is 632. The fourth-order valence-electron chi connectivity index (χ4n) is 1.51. The zero-order chi connectivity index (χ0) is 13.7. The number of benzene rings is 1. The summed E-state index contributed by atoms with van der Waals surface area (Å²) >= 11 is 0. The topological polar surface area (TPSA) is 65.8 Å². The molecule has 4 nitrogen and oxygen atoms in total. The van der Waals surface area contributed by atoms with E-state index in [1.165, 1.54) is 30.6 Å². The Morgan fingerprint density at radius 1 is 1.32 bits per heavy atom. The Kier molecular flexibility index (Phi) is 3.84. The number of halogens is 1. The minimum Gasteiger partial charge on any atom is -0.348 e. The molecule has 94 valence electrons. The smallest absolute Gasteiger partial charge is 0.253 e. The van der Waals surface area contributed by atoms with Crippen LogP contribution in [0.2, 0.25) is 0 Å². The SMILES string of the molecule is N#Cc1cncc(C(=O)NCc2ccc(F)cc2)c1. The fraction of sp³-hybridized carbons (Fsp3) is 0.0714. The highest BCUT2D eigenvalue weighted by Crippen LogP contribution is 2.04. The lowest BCUT2D eigenvalue weighted by Gasteiger charge is -2.05. The first kappa shape index (κ1) is 12.7. The van der Waals surface area contributed by atoms with Gasteiger partial charge in [-0.25, -0.2) is 4.39 Å². The van der Waals surface area contributed by atoms with Crippen molar-refractivity contribution in [2.45, 2.75) is 6.54 Å². The Balaban J connectivity index is 2.01. The third-order valence-corrected chi connectivity index (χ3v) is 2.50. The number of aromatic nitrogens is 1. The van der Waals surface area contributed by atoms with Crippen molar-refractivity contribution in [2.75, 3.05) is 0 Å². The summed E-state index contributed by atoms with van der Waals surface area (Å²) in [5, 5.41) is 11.4. The molecule has 1 aromatic heterocycles. The van der Waals surface area contributed by atoms with Crippen LogP contribution in [0, 0.1) is 17.1 Å². The van der Waals surface area contributed by atoms with Crippen molar-refractivity contribution >= 4 is 5.91 Å². The van der Waals surface area contributed by atoms with Gasteiger partial charge in [-0.05, 0) is 23.8 Å². The summed E-state index contributed by atoms with van der Waals surface area (Å²) in [6.45, 7) is 0.288. The van der Waals surface area contributed by atoms with Gasteiger partial charge in [-0.3, -0.25) is 9.78 Å². The molecule has 5 heteroatoms. The molecule has 19 heavy (non-hydrogen) atoms. The first-order valence-corrected chi connectivity index (χ1v) is 5.57. The molecular formula is C14H10FN3O. The van der Waals surface area contributed by atoms with Gasteiger partial charge in [0.1, 0.15) is 11.9 Å². The summed E-state index contributed by atoms with van der Waals surface area (Å²) in [7, 11) is 0. The van der Waals surface area contributed by atoms with Crippen LogP contribution in [-0.4, -0.2) is 10.9 Å². The van der Waals surface area contributed by atoms with E-state index in [0.29, 0.717) is 11.1 Å². The summed E-state index contributed by atoms with van der Waals surface area (Å²) in [5.41, 5.74) is 1.44. The van der Waals surface area contributed by atoms with Crippen LogP contribution in [0.1, 0.15) is 21.5 Å². The van der Waals surface area contributed by atoms with Gasteiger partial charge < -0.3 is 5.32 Å². The Morgan fingerprint density at radius 3 is 2.74 bits per heavy atom. The molecule has 0 saturated heterocycles. The van der Waals surface area contributed by atoms with Gasteiger partial charge in [-0.1, -0.05) is 12.1 Å². The molecule has 0 bridgehead atoms. The van der Waals surface area contributed by atoms with E-state index >= 15 is 0 Å². The Hall–Kier alpha value is -2.74. The average molecular weight is 255 g/mol. The number of amides is 1. The number of rotatable bonds is 3. The summed E-state index contributed by atoms with van der Waals surface area (Å²) in [4.78, 5) is 15.6. The first-order valence-electron chi connectivity index (χ1n) is 5.57. The van der Waals surface area contributed by atoms with E-state index in [0.717, 1.165) is 5.56 Å². The van der Waals surface area contributed by atoms with Gasteiger partial charge in [0.2, 0.25) is 0 Å². The van der Waals surface area contributed by atoms with Crippen LogP contribution in [0.15, 0.2) is 42.7 Å². The molecule has 2 aromatic rings. The van der Waals surface area contributed by atoms with Gasteiger partial charge in [0, 0.05) is 18.9 Å². The van der Waals surface area contributed by atoms with E-state index in [4.69, 9.17) is 5.26 Å². The molecule has 1 N–H and O–H groups in total. The van der Waals surface area contributed by atoms with Crippen LogP contribution in [0.25, 0.3) is 0 Å². The predicted molar refractivity (Wildman–Crippen MR) is 66.5 cm³/mol. The van der Waals surface area contributed by atoms with Crippen molar-refractivity contribution in [2.24, 2.45) is 0 Å². The zero-order valence-corrected chi connectivity index (χ0v) is 9.93. The molecule has 1 heterocycles. The van der Waals surface area contributed by atoms with Crippen LogP contribution in [0.4, 0.5) is 4.39 Å². The average Bonchev–Trinajstić information content (AvgIpc) is 2.46. The third-order valence-electron chi connectivity index (χ3n) is 2.50. The molecule has 0 saturated carbocycles. The maximum absolute atomic E-state index is 12.7. The standard InChI is InChI=1S/C14H10FN3O/c15-13-3-1-10(2-4-13)8-18-14(19)12-5-11(6-16)7-17-9-12/h1-5,7,9H,8H2,(H,18,19). The minimum absolute atomic E-state index is 0.288. The molecule has 0 radical (unpaired) electrons. The van der Waals surface area contributed by atoms with Crippen molar-refractivity contribution < 1.29 is 9.18 Å². The molecule has 0 fully saturated rings. The molecule has 1 aromatic carbocycles. The van der Waals surface area contributed by atoms with E-state index < -0.39 is 0 Å². The number of carbonyl (C=O) groups is 1. The van der Waals surface area contributed by atoms with Crippen molar-refractivity contribution in [3.63, 3.8) is 0 Å². The fourth-order valence-corrected chi connectivity index (χ4v) is 1.51. The van der Waals surface area contributed by atoms with Crippen LogP contribution in [0.3, 0.4) is 0 Å². The first-order chi connectivity index (χ1) is 9.19. The highest BCUT2D eigenvalue weighted by atomic mass is 19.1. The summed E-state index contributed by atoms with van der Waals surface area (Å²) < 4.78 is 12.7. The van der Waals surface area contributed by atoms with E-state index in [-0.39, 0.29) is 18.3 Å². The normalized spacial score (nSPS) is 9.68. The van der Waals surface area contributed by atoms with Crippen molar-refractivity contribution in [3.05, 3.63) is 65.2 Å². The lowest BCUT2D eigenvalue weighted by Crippen LogP contribution is -2.23. The van der Waals surface area contributed by atoms with Gasteiger partial charge in [0.05, 0.1) is 11.1 Å². The minimum atomic E-state index is -0.325. The second-order valence-corrected chi connectivity index (χ2v) is 3.88. The molecule has 2 rings (SSSR count). The van der Waals surface area contributed by atoms with Crippen LogP contribution in [-0.2, 0) is 6.54 Å². The molecule has 0 aliphatic rings. The maximum atomic E-state index is 12.7. The molecule has 0 unspecified atom stereocenters. The van der Waals surface area contributed by atoms with Gasteiger partial charge >= 0.3 is 0 Å².